The fraction of sp³-hybridized carbons (Fsp3) is 0.556. The van der Waals surface area contributed by atoms with E-state index in [9.17, 15) is 10.1 Å². The molecule has 3 atom stereocenters. The number of nitrogens with zero attached hydrogens (tertiary/aromatic N) is 4. The molecule has 2 aromatic heterocycles. The first-order chi connectivity index (χ1) is 10.9. The molecule has 1 saturated carbocycles. The zero-order chi connectivity index (χ0) is 16.4. The number of Topliss-reactive ketones (excluding diaryl/α,β-unsaturated/α-hetero) is 1. The van der Waals surface area contributed by atoms with Crippen molar-refractivity contribution in [2.75, 3.05) is 0 Å². The largest absolute Gasteiger partial charge is 0.298 e. The van der Waals surface area contributed by atoms with Gasteiger partial charge < -0.3 is 0 Å². The summed E-state index contributed by atoms with van der Waals surface area (Å²) in [6, 6.07) is 4.13. The molecule has 23 heavy (non-hydrogen) atoms. The number of nitriles is 1. The molecule has 0 amide bonds. The van der Waals surface area contributed by atoms with E-state index in [0.29, 0.717) is 6.42 Å². The van der Waals surface area contributed by atoms with Gasteiger partial charge in [-0.3, -0.25) is 4.79 Å². The summed E-state index contributed by atoms with van der Waals surface area (Å²) in [7, 11) is 0. The van der Waals surface area contributed by atoms with Crippen molar-refractivity contribution < 1.29 is 4.79 Å². The Morgan fingerprint density at radius 1 is 1.39 bits per heavy atom. The van der Waals surface area contributed by atoms with E-state index in [4.69, 9.17) is 4.98 Å². The van der Waals surface area contributed by atoms with Crippen LogP contribution < -0.4 is 0 Å². The highest BCUT2D eigenvalue weighted by Crippen LogP contribution is 2.56. The molecule has 1 fully saturated rings. The molecule has 2 aliphatic carbocycles. The maximum atomic E-state index is 12.7. The Bertz CT molecular complexity index is 860. The Morgan fingerprint density at radius 2 is 2.17 bits per heavy atom. The molecule has 2 aromatic rings. The molecule has 0 radical (unpaired) electrons. The van der Waals surface area contributed by atoms with Crippen LogP contribution in [0.5, 0.6) is 0 Å². The number of hydrogen-bond acceptors (Lipinski definition) is 4. The van der Waals surface area contributed by atoms with Gasteiger partial charge in [0.05, 0.1) is 18.0 Å². The summed E-state index contributed by atoms with van der Waals surface area (Å²) in [5.41, 5.74) is 2.36. The maximum Gasteiger partial charge on any atom is 0.155 e. The van der Waals surface area contributed by atoms with E-state index >= 15 is 0 Å². The van der Waals surface area contributed by atoms with Gasteiger partial charge in [-0.2, -0.15) is 10.4 Å². The van der Waals surface area contributed by atoms with Crippen molar-refractivity contribution >= 4 is 11.4 Å². The molecule has 0 saturated heterocycles. The number of hydrogen-bond donors (Lipinski definition) is 0. The predicted molar refractivity (Wildman–Crippen MR) is 84.7 cm³/mol. The lowest BCUT2D eigenvalue weighted by molar-refractivity contribution is -0.140. The van der Waals surface area contributed by atoms with E-state index < -0.39 is 11.3 Å². The third-order valence-electron chi connectivity index (χ3n) is 6.08. The van der Waals surface area contributed by atoms with Crippen molar-refractivity contribution in [3.63, 3.8) is 0 Å². The molecular formula is C18H20N4O. The lowest BCUT2D eigenvalue weighted by Gasteiger charge is -2.53. The maximum absolute atomic E-state index is 12.7. The first kappa shape index (κ1) is 14.4. The van der Waals surface area contributed by atoms with Crippen LogP contribution >= 0.6 is 0 Å². The first-order valence-electron chi connectivity index (χ1n) is 8.15. The molecule has 4 rings (SSSR count). The van der Waals surface area contributed by atoms with Crippen LogP contribution in [0.15, 0.2) is 18.5 Å². The normalized spacial score (nSPS) is 32.2. The number of aromatic nitrogens is 3. The molecule has 1 unspecified atom stereocenters. The van der Waals surface area contributed by atoms with Crippen molar-refractivity contribution in [3.05, 3.63) is 29.7 Å². The topological polar surface area (TPSA) is 71.0 Å². The van der Waals surface area contributed by atoms with Crippen molar-refractivity contribution in [2.24, 2.45) is 17.3 Å². The molecule has 5 nitrogen and oxygen atoms in total. The van der Waals surface area contributed by atoms with Gasteiger partial charge in [0, 0.05) is 23.1 Å². The second kappa shape index (κ2) is 4.41. The van der Waals surface area contributed by atoms with E-state index in [-0.39, 0.29) is 17.1 Å². The first-order valence-corrected chi connectivity index (χ1v) is 8.15. The van der Waals surface area contributed by atoms with Gasteiger partial charge in [0.1, 0.15) is 5.92 Å². The number of carbonyl (C=O) groups is 1. The van der Waals surface area contributed by atoms with Gasteiger partial charge in [0.25, 0.3) is 0 Å². The lowest BCUT2D eigenvalue weighted by Crippen LogP contribution is -2.55. The average Bonchev–Trinajstić information content (AvgIpc) is 2.97. The molecule has 2 heterocycles. The third kappa shape index (κ3) is 1.75. The molecule has 5 heteroatoms. The molecule has 0 aromatic carbocycles. The van der Waals surface area contributed by atoms with Gasteiger partial charge in [-0.05, 0) is 30.7 Å². The van der Waals surface area contributed by atoms with Gasteiger partial charge in [-0.1, -0.05) is 20.8 Å². The Hall–Kier alpha value is -2.22. The summed E-state index contributed by atoms with van der Waals surface area (Å²) in [6.45, 7) is 6.20. The van der Waals surface area contributed by atoms with E-state index in [1.165, 1.54) is 5.56 Å². The highest BCUT2D eigenvalue weighted by Gasteiger charge is 2.57. The summed E-state index contributed by atoms with van der Waals surface area (Å²) in [5.74, 6) is -0.228. The predicted octanol–water partition coefficient (Wildman–Crippen LogP) is 2.69. The zero-order valence-corrected chi connectivity index (χ0v) is 13.7. The minimum absolute atomic E-state index is 0.0938. The number of carbonyl (C=O) groups excluding carboxylic acids is 1. The number of rotatable bonds is 0. The summed E-state index contributed by atoms with van der Waals surface area (Å²) >= 11 is 0. The smallest absolute Gasteiger partial charge is 0.155 e. The van der Waals surface area contributed by atoms with Crippen LogP contribution in [0, 0.1) is 28.6 Å². The highest BCUT2D eigenvalue weighted by atomic mass is 16.1. The van der Waals surface area contributed by atoms with Crippen LogP contribution in [0.2, 0.25) is 0 Å². The lowest BCUT2D eigenvalue weighted by atomic mass is 9.49. The van der Waals surface area contributed by atoms with Gasteiger partial charge in [0.15, 0.2) is 11.4 Å². The molecule has 0 spiro atoms. The summed E-state index contributed by atoms with van der Waals surface area (Å²) in [4.78, 5) is 17.6. The SMILES string of the molecule is CC1(C)C(=O)C(C#N)C[C@]2(C)c3nc4ccnn4cc3CC[C@@H]12. The monoisotopic (exact) mass is 308 g/mol. The highest BCUT2D eigenvalue weighted by molar-refractivity contribution is 5.90. The number of aryl methyl sites for hydroxylation is 1. The molecule has 0 bridgehead atoms. The Kier molecular flexibility index (Phi) is 2.76. The van der Waals surface area contributed by atoms with Crippen molar-refractivity contribution in [3.8, 4) is 6.07 Å². The summed E-state index contributed by atoms with van der Waals surface area (Å²) in [5, 5.41) is 13.8. The van der Waals surface area contributed by atoms with Crippen LogP contribution in [0.3, 0.4) is 0 Å². The fourth-order valence-corrected chi connectivity index (χ4v) is 4.99. The number of ketones is 1. The van der Waals surface area contributed by atoms with E-state index in [2.05, 4.69) is 24.3 Å². The fourth-order valence-electron chi connectivity index (χ4n) is 4.99. The quantitative estimate of drug-likeness (QED) is 0.750. The Morgan fingerprint density at radius 3 is 2.91 bits per heavy atom. The van der Waals surface area contributed by atoms with Crippen LogP contribution in [0.4, 0.5) is 0 Å². The summed E-state index contributed by atoms with van der Waals surface area (Å²) in [6.07, 6.45) is 6.24. The van der Waals surface area contributed by atoms with Crippen LogP contribution in [0.25, 0.3) is 5.65 Å². The average molecular weight is 308 g/mol. The molecule has 118 valence electrons. The van der Waals surface area contributed by atoms with E-state index in [0.717, 1.165) is 24.2 Å². The van der Waals surface area contributed by atoms with Crippen LogP contribution in [0.1, 0.15) is 44.9 Å². The van der Waals surface area contributed by atoms with Gasteiger partial charge in [-0.25, -0.2) is 9.50 Å². The standard InChI is InChI=1S/C18H20N4O/c1-17(2)13-5-4-11-10-22-14(6-7-20-22)21-15(11)18(13,3)8-12(9-19)16(17)23/h6-7,10,12-13H,4-5,8H2,1-3H3/t12?,13-,18-/m0/s1. The minimum Gasteiger partial charge on any atom is -0.298 e. The third-order valence-corrected chi connectivity index (χ3v) is 6.08. The van der Waals surface area contributed by atoms with E-state index in [1.807, 2.05) is 24.4 Å². The Labute approximate surface area is 135 Å². The molecule has 0 N–H and O–H groups in total. The van der Waals surface area contributed by atoms with Crippen LogP contribution in [-0.2, 0) is 16.6 Å². The van der Waals surface area contributed by atoms with Crippen molar-refractivity contribution in [1.29, 1.82) is 5.26 Å². The van der Waals surface area contributed by atoms with Gasteiger partial charge in [-0.15, -0.1) is 0 Å². The van der Waals surface area contributed by atoms with Crippen molar-refractivity contribution in [2.45, 2.75) is 45.4 Å². The number of fused-ring (bicyclic) bond motifs is 4. The Balaban J connectivity index is 1.94. The second-order valence-corrected chi connectivity index (χ2v) is 7.73. The van der Waals surface area contributed by atoms with Crippen molar-refractivity contribution in [1.82, 2.24) is 14.6 Å². The van der Waals surface area contributed by atoms with Gasteiger partial charge >= 0.3 is 0 Å². The second-order valence-electron chi connectivity index (χ2n) is 7.73. The molecule has 2 aliphatic rings. The zero-order valence-electron chi connectivity index (χ0n) is 13.7. The van der Waals surface area contributed by atoms with Crippen LogP contribution in [-0.4, -0.2) is 20.4 Å². The van der Waals surface area contributed by atoms with E-state index in [1.54, 1.807) is 6.20 Å². The summed E-state index contributed by atoms with van der Waals surface area (Å²) < 4.78 is 1.81. The van der Waals surface area contributed by atoms with Gasteiger partial charge in [0.2, 0.25) is 0 Å². The molecule has 0 aliphatic heterocycles. The minimum atomic E-state index is -0.542. The molecular weight excluding hydrogens is 288 g/mol.